The molecule has 94 valence electrons. The van der Waals surface area contributed by atoms with Crippen LogP contribution in [0.25, 0.3) is 11.3 Å². The number of nitrogens with one attached hydrogen (secondary N) is 1. The number of methoxy groups -OCH3 is 1. The number of benzene rings is 1. The standard InChI is InChI=1S/C13H13FN2O2/c1-7-8(2)16-13(17)12(15-7)9-5-4-6-10(18-3)11(9)14/h4-6H,1-3H3,(H,16,17). The Morgan fingerprint density at radius 2 is 2.06 bits per heavy atom. The number of hydrogen-bond acceptors (Lipinski definition) is 3. The van der Waals surface area contributed by atoms with E-state index in [2.05, 4.69) is 9.97 Å². The first-order chi connectivity index (χ1) is 8.54. The molecule has 1 aromatic carbocycles. The smallest absolute Gasteiger partial charge is 0.274 e. The molecular formula is C13H13FN2O2. The molecule has 2 aromatic rings. The molecule has 0 aliphatic rings. The van der Waals surface area contributed by atoms with Crippen LogP contribution in [0, 0.1) is 19.7 Å². The fraction of sp³-hybridized carbons (Fsp3) is 0.231. The molecule has 0 saturated heterocycles. The van der Waals surface area contributed by atoms with Crippen molar-refractivity contribution in [2.24, 2.45) is 0 Å². The summed E-state index contributed by atoms with van der Waals surface area (Å²) in [6.07, 6.45) is 0. The van der Waals surface area contributed by atoms with Crippen LogP contribution in [0.4, 0.5) is 4.39 Å². The van der Waals surface area contributed by atoms with Gasteiger partial charge in [0.05, 0.1) is 12.8 Å². The van der Waals surface area contributed by atoms with Gasteiger partial charge in [0.25, 0.3) is 5.56 Å². The van der Waals surface area contributed by atoms with E-state index in [1.54, 1.807) is 19.9 Å². The summed E-state index contributed by atoms with van der Waals surface area (Å²) >= 11 is 0. The average Bonchev–Trinajstić information content (AvgIpc) is 2.34. The number of aromatic amines is 1. The topological polar surface area (TPSA) is 55.0 Å². The van der Waals surface area contributed by atoms with Crippen LogP contribution in [0.15, 0.2) is 23.0 Å². The molecule has 0 bridgehead atoms. The van der Waals surface area contributed by atoms with Crippen molar-refractivity contribution in [3.63, 3.8) is 0 Å². The van der Waals surface area contributed by atoms with Crippen molar-refractivity contribution in [1.82, 2.24) is 9.97 Å². The molecule has 5 heteroatoms. The molecule has 0 atom stereocenters. The predicted octanol–water partition coefficient (Wildman–Crippen LogP) is 2.20. The zero-order valence-corrected chi connectivity index (χ0v) is 10.4. The Balaban J connectivity index is 2.70. The van der Waals surface area contributed by atoms with Gasteiger partial charge in [-0.1, -0.05) is 6.07 Å². The lowest BCUT2D eigenvalue weighted by molar-refractivity contribution is 0.387. The molecule has 0 amide bonds. The van der Waals surface area contributed by atoms with Gasteiger partial charge in [0, 0.05) is 11.3 Å². The summed E-state index contributed by atoms with van der Waals surface area (Å²) in [6.45, 7) is 3.50. The molecule has 0 aliphatic carbocycles. The molecule has 0 spiro atoms. The Bertz CT molecular complexity index is 650. The number of halogens is 1. The van der Waals surface area contributed by atoms with Crippen LogP contribution in [0.5, 0.6) is 5.75 Å². The van der Waals surface area contributed by atoms with Gasteiger partial charge >= 0.3 is 0 Å². The van der Waals surface area contributed by atoms with E-state index in [0.29, 0.717) is 11.4 Å². The SMILES string of the molecule is COc1cccc(-c2nc(C)c(C)[nH]c2=O)c1F. The van der Waals surface area contributed by atoms with Crippen LogP contribution in [0.2, 0.25) is 0 Å². The van der Waals surface area contributed by atoms with Crippen molar-refractivity contribution in [2.45, 2.75) is 13.8 Å². The summed E-state index contributed by atoms with van der Waals surface area (Å²) in [7, 11) is 1.38. The van der Waals surface area contributed by atoms with Gasteiger partial charge in [0.15, 0.2) is 11.6 Å². The fourth-order valence-electron chi connectivity index (χ4n) is 1.66. The van der Waals surface area contributed by atoms with Gasteiger partial charge in [-0.05, 0) is 26.0 Å². The normalized spacial score (nSPS) is 10.4. The highest BCUT2D eigenvalue weighted by Crippen LogP contribution is 2.26. The number of aromatic nitrogens is 2. The Morgan fingerprint density at radius 1 is 1.33 bits per heavy atom. The maximum Gasteiger partial charge on any atom is 0.274 e. The van der Waals surface area contributed by atoms with Crippen molar-refractivity contribution in [3.8, 4) is 17.0 Å². The second-order valence-corrected chi connectivity index (χ2v) is 3.95. The first-order valence-electron chi connectivity index (χ1n) is 5.45. The quantitative estimate of drug-likeness (QED) is 0.886. The van der Waals surface area contributed by atoms with Crippen LogP contribution < -0.4 is 10.3 Å². The number of nitrogens with zero attached hydrogens (tertiary/aromatic N) is 1. The van der Waals surface area contributed by atoms with Crippen LogP contribution >= 0.6 is 0 Å². The Labute approximate surface area is 103 Å². The molecule has 1 heterocycles. The molecular weight excluding hydrogens is 235 g/mol. The molecule has 1 aromatic heterocycles. The van der Waals surface area contributed by atoms with Crippen molar-refractivity contribution in [2.75, 3.05) is 7.11 Å². The summed E-state index contributed by atoms with van der Waals surface area (Å²) in [6, 6.07) is 4.62. The zero-order valence-electron chi connectivity index (χ0n) is 10.4. The number of hydrogen-bond donors (Lipinski definition) is 1. The Morgan fingerprint density at radius 3 is 2.72 bits per heavy atom. The van der Waals surface area contributed by atoms with Gasteiger partial charge in [0.1, 0.15) is 5.69 Å². The summed E-state index contributed by atoms with van der Waals surface area (Å²) in [5.41, 5.74) is 1.12. The molecule has 2 rings (SSSR count). The van der Waals surface area contributed by atoms with Gasteiger partial charge in [0.2, 0.25) is 0 Å². The van der Waals surface area contributed by atoms with Gasteiger partial charge in [-0.2, -0.15) is 0 Å². The lowest BCUT2D eigenvalue weighted by Crippen LogP contribution is -2.15. The van der Waals surface area contributed by atoms with Crippen LogP contribution in [-0.2, 0) is 0 Å². The minimum Gasteiger partial charge on any atom is -0.494 e. The van der Waals surface area contributed by atoms with E-state index in [0.717, 1.165) is 0 Å². The van der Waals surface area contributed by atoms with Gasteiger partial charge in [-0.15, -0.1) is 0 Å². The Kier molecular flexibility index (Phi) is 3.14. The largest absolute Gasteiger partial charge is 0.494 e. The van der Waals surface area contributed by atoms with E-state index in [4.69, 9.17) is 4.74 Å². The molecule has 18 heavy (non-hydrogen) atoms. The monoisotopic (exact) mass is 248 g/mol. The van der Waals surface area contributed by atoms with E-state index >= 15 is 0 Å². The minimum atomic E-state index is -0.582. The third-order valence-electron chi connectivity index (χ3n) is 2.78. The van der Waals surface area contributed by atoms with E-state index < -0.39 is 11.4 Å². The first-order valence-corrected chi connectivity index (χ1v) is 5.45. The van der Waals surface area contributed by atoms with Crippen molar-refractivity contribution >= 4 is 0 Å². The maximum absolute atomic E-state index is 14.1. The lowest BCUT2D eigenvalue weighted by atomic mass is 10.1. The number of H-pyrrole nitrogens is 1. The minimum absolute atomic E-state index is 0.0644. The van der Waals surface area contributed by atoms with Crippen molar-refractivity contribution in [1.29, 1.82) is 0 Å². The van der Waals surface area contributed by atoms with Crippen molar-refractivity contribution in [3.05, 3.63) is 45.8 Å². The summed E-state index contributed by atoms with van der Waals surface area (Å²) in [5.74, 6) is -0.492. The second-order valence-electron chi connectivity index (χ2n) is 3.95. The molecule has 0 fully saturated rings. The first kappa shape index (κ1) is 12.3. The average molecular weight is 248 g/mol. The highest BCUT2D eigenvalue weighted by atomic mass is 19.1. The van der Waals surface area contributed by atoms with E-state index in [-0.39, 0.29) is 17.0 Å². The third-order valence-corrected chi connectivity index (χ3v) is 2.78. The van der Waals surface area contributed by atoms with Gasteiger partial charge in [-0.3, -0.25) is 4.79 Å². The van der Waals surface area contributed by atoms with Crippen LogP contribution in [0.1, 0.15) is 11.4 Å². The van der Waals surface area contributed by atoms with Crippen LogP contribution in [-0.4, -0.2) is 17.1 Å². The lowest BCUT2D eigenvalue weighted by Gasteiger charge is -2.07. The van der Waals surface area contributed by atoms with Crippen LogP contribution in [0.3, 0.4) is 0 Å². The molecule has 0 saturated carbocycles. The molecule has 1 N–H and O–H groups in total. The van der Waals surface area contributed by atoms with E-state index in [1.807, 2.05) is 0 Å². The Hall–Kier alpha value is -2.17. The molecule has 0 aliphatic heterocycles. The van der Waals surface area contributed by atoms with Gasteiger partial charge < -0.3 is 9.72 Å². The molecule has 0 radical (unpaired) electrons. The highest BCUT2D eigenvalue weighted by molar-refractivity contribution is 5.61. The molecule has 0 unspecified atom stereocenters. The highest BCUT2D eigenvalue weighted by Gasteiger charge is 2.15. The zero-order chi connectivity index (χ0) is 13.3. The summed E-state index contributed by atoms with van der Waals surface area (Å²) < 4.78 is 18.9. The number of rotatable bonds is 2. The van der Waals surface area contributed by atoms with E-state index in [1.165, 1.54) is 19.2 Å². The third kappa shape index (κ3) is 1.99. The second kappa shape index (κ2) is 4.60. The van der Waals surface area contributed by atoms with Gasteiger partial charge in [-0.25, -0.2) is 9.37 Å². The van der Waals surface area contributed by atoms with Crippen molar-refractivity contribution < 1.29 is 9.13 Å². The maximum atomic E-state index is 14.1. The molecule has 4 nitrogen and oxygen atoms in total. The summed E-state index contributed by atoms with van der Waals surface area (Å²) in [5, 5.41) is 0. The number of aryl methyl sites for hydroxylation is 2. The van der Waals surface area contributed by atoms with E-state index in [9.17, 15) is 9.18 Å². The number of ether oxygens (including phenoxy) is 1. The summed E-state index contributed by atoms with van der Waals surface area (Å²) in [4.78, 5) is 18.6. The fourth-order valence-corrected chi connectivity index (χ4v) is 1.66. The predicted molar refractivity (Wildman–Crippen MR) is 66.3 cm³/mol.